The Morgan fingerprint density at radius 3 is 2.29 bits per heavy atom. The molecule has 0 spiro atoms. The Labute approximate surface area is 178 Å². The summed E-state index contributed by atoms with van der Waals surface area (Å²) in [7, 11) is 0. The zero-order valence-corrected chi connectivity index (χ0v) is 17.5. The molecular formula is C20H25F2N5O4. The van der Waals surface area contributed by atoms with Crippen molar-refractivity contribution in [1.29, 1.82) is 0 Å². The van der Waals surface area contributed by atoms with Gasteiger partial charge in [0.25, 0.3) is 6.43 Å². The zero-order valence-electron chi connectivity index (χ0n) is 17.5. The number of ether oxygens (including phenoxy) is 2. The van der Waals surface area contributed by atoms with Crippen molar-refractivity contribution in [2.45, 2.75) is 26.9 Å². The summed E-state index contributed by atoms with van der Waals surface area (Å²) in [6, 6.07) is 3.43. The highest BCUT2D eigenvalue weighted by molar-refractivity contribution is 5.90. The fourth-order valence-corrected chi connectivity index (χ4v) is 3.32. The number of carbonyl (C=O) groups is 2. The minimum absolute atomic E-state index is 0.101. The van der Waals surface area contributed by atoms with Crippen LogP contribution in [0.3, 0.4) is 0 Å². The summed E-state index contributed by atoms with van der Waals surface area (Å²) in [5.74, 6) is -0.488. The summed E-state index contributed by atoms with van der Waals surface area (Å²) >= 11 is 0. The molecule has 0 atom stereocenters. The summed E-state index contributed by atoms with van der Waals surface area (Å²) in [6.07, 6.45) is -0.231. The van der Waals surface area contributed by atoms with Gasteiger partial charge in [-0.2, -0.15) is 5.10 Å². The van der Waals surface area contributed by atoms with E-state index >= 15 is 0 Å². The molecule has 0 aliphatic carbocycles. The summed E-state index contributed by atoms with van der Waals surface area (Å²) in [6.45, 7) is 6.34. The van der Waals surface area contributed by atoms with Crippen LogP contribution in [0.15, 0.2) is 24.5 Å². The second-order valence-electron chi connectivity index (χ2n) is 6.84. The number of rotatable bonds is 8. The first-order chi connectivity index (χ1) is 14.9. The number of carbonyl (C=O) groups excluding carboxylic acids is 2. The molecule has 0 amide bonds. The molecule has 9 nitrogen and oxygen atoms in total. The number of hydrogen-bond acceptors (Lipinski definition) is 8. The van der Waals surface area contributed by atoms with Gasteiger partial charge >= 0.3 is 11.9 Å². The second-order valence-corrected chi connectivity index (χ2v) is 6.84. The van der Waals surface area contributed by atoms with Gasteiger partial charge in [-0.3, -0.25) is 4.90 Å². The SMILES string of the molecule is CCOC(=O)c1ccc(N2CCN(Cn3ncc(C(=O)OCC)c3C(F)F)CC2)nc1. The van der Waals surface area contributed by atoms with Crippen LogP contribution < -0.4 is 4.90 Å². The minimum Gasteiger partial charge on any atom is -0.462 e. The number of halogens is 2. The summed E-state index contributed by atoms with van der Waals surface area (Å²) in [4.78, 5) is 32.0. The molecule has 31 heavy (non-hydrogen) atoms. The van der Waals surface area contributed by atoms with Gasteiger partial charge in [0.05, 0.1) is 31.6 Å². The molecule has 3 heterocycles. The molecule has 1 aliphatic heterocycles. The van der Waals surface area contributed by atoms with Gasteiger partial charge in [0.15, 0.2) is 0 Å². The topological polar surface area (TPSA) is 89.8 Å². The van der Waals surface area contributed by atoms with Crippen LogP contribution >= 0.6 is 0 Å². The van der Waals surface area contributed by atoms with Gasteiger partial charge < -0.3 is 14.4 Å². The van der Waals surface area contributed by atoms with Gasteiger partial charge in [0.1, 0.15) is 17.1 Å². The summed E-state index contributed by atoms with van der Waals surface area (Å²) in [5.41, 5.74) is -0.252. The Kier molecular flexibility index (Phi) is 7.50. The van der Waals surface area contributed by atoms with E-state index in [9.17, 15) is 18.4 Å². The molecular weight excluding hydrogens is 412 g/mol. The molecule has 2 aromatic heterocycles. The van der Waals surface area contributed by atoms with E-state index in [0.29, 0.717) is 38.3 Å². The third-order valence-corrected chi connectivity index (χ3v) is 4.87. The average Bonchev–Trinajstić information content (AvgIpc) is 3.19. The van der Waals surface area contributed by atoms with Gasteiger partial charge in [-0.25, -0.2) is 28.0 Å². The first-order valence-electron chi connectivity index (χ1n) is 10.1. The third kappa shape index (κ3) is 5.35. The number of pyridine rings is 1. The fourth-order valence-electron chi connectivity index (χ4n) is 3.32. The van der Waals surface area contributed by atoms with E-state index < -0.39 is 24.1 Å². The summed E-state index contributed by atoms with van der Waals surface area (Å²) in [5, 5.41) is 3.98. The number of hydrogen-bond donors (Lipinski definition) is 0. The molecule has 0 bridgehead atoms. The minimum atomic E-state index is -2.84. The van der Waals surface area contributed by atoms with E-state index in [1.165, 1.54) is 6.20 Å². The van der Waals surface area contributed by atoms with Gasteiger partial charge in [-0.05, 0) is 26.0 Å². The van der Waals surface area contributed by atoms with Crippen molar-refractivity contribution in [2.75, 3.05) is 44.3 Å². The maximum absolute atomic E-state index is 13.6. The van der Waals surface area contributed by atoms with Crippen molar-refractivity contribution in [3.05, 3.63) is 41.3 Å². The maximum Gasteiger partial charge on any atom is 0.341 e. The van der Waals surface area contributed by atoms with Gasteiger partial charge in [0, 0.05) is 32.4 Å². The Hall–Kier alpha value is -3.08. The van der Waals surface area contributed by atoms with Crippen LogP contribution in [0.2, 0.25) is 0 Å². The smallest absolute Gasteiger partial charge is 0.341 e. The fraction of sp³-hybridized carbons (Fsp3) is 0.500. The van der Waals surface area contributed by atoms with Crippen molar-refractivity contribution in [1.82, 2.24) is 19.7 Å². The molecule has 0 N–H and O–H groups in total. The molecule has 1 fully saturated rings. The Morgan fingerprint density at radius 1 is 1.03 bits per heavy atom. The third-order valence-electron chi connectivity index (χ3n) is 4.87. The second kappa shape index (κ2) is 10.3. The van der Waals surface area contributed by atoms with Crippen LogP contribution in [0.25, 0.3) is 0 Å². The molecule has 0 unspecified atom stereocenters. The van der Waals surface area contributed by atoms with E-state index in [1.807, 2.05) is 9.80 Å². The molecule has 2 aromatic rings. The zero-order chi connectivity index (χ0) is 22.4. The first-order valence-corrected chi connectivity index (χ1v) is 10.1. The molecule has 1 saturated heterocycles. The molecule has 168 valence electrons. The lowest BCUT2D eigenvalue weighted by molar-refractivity contribution is 0.0507. The first kappa shape index (κ1) is 22.6. The van der Waals surface area contributed by atoms with E-state index in [0.717, 1.165) is 16.7 Å². The number of aromatic nitrogens is 3. The van der Waals surface area contributed by atoms with Crippen molar-refractivity contribution < 1.29 is 27.8 Å². The number of esters is 2. The van der Waals surface area contributed by atoms with E-state index in [-0.39, 0.29) is 18.8 Å². The molecule has 11 heteroatoms. The van der Waals surface area contributed by atoms with Crippen LogP contribution in [-0.2, 0) is 16.1 Å². The van der Waals surface area contributed by atoms with Gasteiger partial charge in [-0.15, -0.1) is 0 Å². The van der Waals surface area contributed by atoms with Crippen LogP contribution in [0.5, 0.6) is 0 Å². The average molecular weight is 437 g/mol. The van der Waals surface area contributed by atoms with Crippen LogP contribution in [0.4, 0.5) is 14.6 Å². The normalized spacial score (nSPS) is 14.7. The van der Waals surface area contributed by atoms with Crippen molar-refractivity contribution in [3.63, 3.8) is 0 Å². The Bertz CT molecular complexity index is 895. The lowest BCUT2D eigenvalue weighted by Gasteiger charge is -2.35. The molecule has 1 aliphatic rings. The number of nitrogens with zero attached hydrogens (tertiary/aromatic N) is 5. The maximum atomic E-state index is 13.6. The van der Waals surface area contributed by atoms with Gasteiger partial charge in [-0.1, -0.05) is 0 Å². The summed E-state index contributed by atoms with van der Waals surface area (Å²) < 4.78 is 38.1. The van der Waals surface area contributed by atoms with Crippen molar-refractivity contribution in [2.24, 2.45) is 0 Å². The van der Waals surface area contributed by atoms with E-state index in [4.69, 9.17) is 9.47 Å². The highest BCUT2D eigenvalue weighted by atomic mass is 19.3. The molecule has 0 aromatic carbocycles. The monoisotopic (exact) mass is 437 g/mol. The van der Waals surface area contributed by atoms with Crippen LogP contribution in [-0.4, -0.2) is 71.0 Å². The number of piperazine rings is 1. The standard InChI is InChI=1S/C20H25F2N5O4/c1-3-30-19(28)14-5-6-16(23-11-14)26-9-7-25(8-10-26)13-27-17(18(21)22)15(12-24-27)20(29)31-4-2/h5-6,11-12,18H,3-4,7-10,13H2,1-2H3. The van der Waals surface area contributed by atoms with E-state index in [1.54, 1.807) is 26.0 Å². The lowest BCUT2D eigenvalue weighted by Crippen LogP contribution is -2.47. The van der Waals surface area contributed by atoms with Crippen LogP contribution in [0, 0.1) is 0 Å². The molecule has 0 radical (unpaired) electrons. The highest BCUT2D eigenvalue weighted by Crippen LogP contribution is 2.24. The van der Waals surface area contributed by atoms with Crippen molar-refractivity contribution >= 4 is 17.8 Å². The number of alkyl halides is 2. The highest BCUT2D eigenvalue weighted by Gasteiger charge is 2.27. The van der Waals surface area contributed by atoms with Crippen LogP contribution in [0.1, 0.15) is 46.7 Å². The lowest BCUT2D eigenvalue weighted by atomic mass is 10.2. The van der Waals surface area contributed by atoms with Gasteiger partial charge in [0.2, 0.25) is 0 Å². The van der Waals surface area contributed by atoms with Crippen molar-refractivity contribution in [3.8, 4) is 0 Å². The largest absolute Gasteiger partial charge is 0.462 e. The predicted molar refractivity (Wildman–Crippen MR) is 107 cm³/mol. The predicted octanol–water partition coefficient (Wildman–Crippen LogP) is 2.35. The Morgan fingerprint density at radius 2 is 1.71 bits per heavy atom. The Balaban J connectivity index is 1.60. The quantitative estimate of drug-likeness (QED) is 0.582. The molecule has 3 rings (SSSR count). The number of anilines is 1. The molecule has 0 saturated carbocycles. The van der Waals surface area contributed by atoms with E-state index in [2.05, 4.69) is 10.1 Å².